The van der Waals surface area contributed by atoms with E-state index in [0.29, 0.717) is 0 Å². The van der Waals surface area contributed by atoms with Gasteiger partial charge in [-0.05, 0) is 131 Å². The number of aryl methyl sites for hydroxylation is 2. The Morgan fingerprint density at radius 2 is 1.54 bits per heavy atom. The van der Waals surface area contributed by atoms with Gasteiger partial charge in [0.2, 0.25) is 0 Å². The molecule has 0 aliphatic heterocycles. The minimum atomic E-state index is -0.0147. The molecule has 0 saturated heterocycles. The molecule has 0 nitrogen and oxygen atoms in total. The van der Waals surface area contributed by atoms with E-state index < -0.39 is 0 Å². The van der Waals surface area contributed by atoms with Crippen molar-refractivity contribution in [2.24, 2.45) is 0 Å². The summed E-state index contributed by atoms with van der Waals surface area (Å²) in [6.07, 6.45) is 11.8. The van der Waals surface area contributed by atoms with Crippen molar-refractivity contribution < 1.29 is 0 Å². The Morgan fingerprint density at radius 3 is 2.24 bits per heavy atom. The van der Waals surface area contributed by atoms with Crippen molar-refractivity contribution in [3.05, 3.63) is 130 Å². The molecule has 0 atom stereocenters. The third kappa shape index (κ3) is 3.91. The first-order valence-electron chi connectivity index (χ1n) is 13.4. The number of allylic oxidation sites excluding steroid dienone is 9. The van der Waals surface area contributed by atoms with Gasteiger partial charge in [-0.1, -0.05) is 87.2 Å². The molecule has 0 N–H and O–H groups in total. The number of benzene rings is 3. The largest absolute Gasteiger partial charge is 0.0990 e. The van der Waals surface area contributed by atoms with Crippen LogP contribution in [0.1, 0.15) is 68.0 Å². The lowest BCUT2D eigenvalue weighted by Crippen LogP contribution is -2.15. The molecule has 37 heavy (non-hydrogen) atoms. The van der Waals surface area contributed by atoms with E-state index >= 15 is 0 Å². The highest BCUT2D eigenvalue weighted by Gasteiger charge is 2.38. The zero-order valence-corrected chi connectivity index (χ0v) is 23.4. The molecule has 2 aliphatic rings. The minimum absolute atomic E-state index is 0.0147. The van der Waals surface area contributed by atoms with E-state index in [1.165, 1.54) is 77.9 Å². The molecule has 0 heterocycles. The van der Waals surface area contributed by atoms with Crippen LogP contribution in [0.4, 0.5) is 0 Å². The average molecular weight is 483 g/mol. The summed E-state index contributed by atoms with van der Waals surface area (Å²) in [4.78, 5) is 0. The number of hydrogen-bond acceptors (Lipinski definition) is 0. The second-order valence-electron chi connectivity index (χ2n) is 11.0. The number of fused-ring (bicyclic) bond motifs is 2. The van der Waals surface area contributed by atoms with E-state index in [4.69, 9.17) is 0 Å². The van der Waals surface area contributed by atoms with Gasteiger partial charge in [-0.3, -0.25) is 0 Å². The number of hydrogen-bond donors (Lipinski definition) is 0. The average Bonchev–Trinajstić information content (AvgIpc) is 3.29. The van der Waals surface area contributed by atoms with Crippen LogP contribution in [0.25, 0.3) is 33.4 Å². The topological polar surface area (TPSA) is 0 Å². The first kappa shape index (κ1) is 25.0. The molecule has 0 saturated carbocycles. The van der Waals surface area contributed by atoms with Gasteiger partial charge >= 0.3 is 0 Å². The van der Waals surface area contributed by atoms with E-state index in [9.17, 15) is 0 Å². The van der Waals surface area contributed by atoms with Crippen LogP contribution in [-0.2, 0) is 11.8 Å². The van der Waals surface area contributed by atoms with Crippen molar-refractivity contribution in [2.45, 2.75) is 60.3 Å². The minimum Gasteiger partial charge on any atom is -0.0990 e. The van der Waals surface area contributed by atoms with Gasteiger partial charge in [0, 0.05) is 5.41 Å². The van der Waals surface area contributed by atoms with E-state index in [2.05, 4.69) is 128 Å². The lowest BCUT2D eigenvalue weighted by Gasteiger charge is -2.23. The van der Waals surface area contributed by atoms with Gasteiger partial charge in [0.15, 0.2) is 0 Å². The van der Waals surface area contributed by atoms with Crippen LogP contribution < -0.4 is 0 Å². The summed E-state index contributed by atoms with van der Waals surface area (Å²) in [5.41, 5.74) is 19.0. The summed E-state index contributed by atoms with van der Waals surface area (Å²) < 4.78 is 0. The van der Waals surface area contributed by atoms with E-state index in [1.807, 2.05) is 6.08 Å². The fraction of sp³-hybridized carbons (Fsp3) is 0.243. The molecule has 0 unspecified atom stereocenters. The fourth-order valence-corrected chi connectivity index (χ4v) is 6.54. The molecule has 0 aromatic heterocycles. The Hall–Kier alpha value is -3.64. The maximum absolute atomic E-state index is 4.01. The van der Waals surface area contributed by atoms with Crippen LogP contribution in [0, 0.1) is 13.8 Å². The predicted molar refractivity (Wildman–Crippen MR) is 163 cm³/mol. The maximum Gasteiger partial charge on any atom is 0.0155 e. The van der Waals surface area contributed by atoms with Gasteiger partial charge in [0.25, 0.3) is 0 Å². The molecule has 0 bridgehead atoms. The third-order valence-electron chi connectivity index (χ3n) is 8.50. The van der Waals surface area contributed by atoms with Crippen molar-refractivity contribution in [1.29, 1.82) is 0 Å². The van der Waals surface area contributed by atoms with E-state index in [1.54, 1.807) is 0 Å². The molecule has 0 radical (unpaired) electrons. The summed E-state index contributed by atoms with van der Waals surface area (Å²) in [7, 11) is 0. The highest BCUT2D eigenvalue weighted by Crippen LogP contribution is 2.51. The number of rotatable bonds is 4. The normalized spacial score (nSPS) is 18.2. The van der Waals surface area contributed by atoms with Crippen molar-refractivity contribution >= 4 is 11.1 Å². The second kappa shape index (κ2) is 9.34. The molecule has 5 rings (SSSR count). The molecule has 0 fully saturated rings. The van der Waals surface area contributed by atoms with Crippen LogP contribution in [0.5, 0.6) is 0 Å². The first-order valence-corrected chi connectivity index (χ1v) is 13.4. The highest BCUT2D eigenvalue weighted by atomic mass is 14.4. The van der Waals surface area contributed by atoms with Crippen molar-refractivity contribution in [3.63, 3.8) is 0 Å². The zero-order valence-electron chi connectivity index (χ0n) is 23.4. The molecule has 0 heteroatoms. The Kier molecular flexibility index (Phi) is 6.32. The Balaban J connectivity index is 1.67. The van der Waals surface area contributed by atoms with Crippen molar-refractivity contribution in [2.75, 3.05) is 0 Å². The van der Waals surface area contributed by atoms with Crippen LogP contribution in [0.15, 0.2) is 96.6 Å². The lowest BCUT2D eigenvalue weighted by atomic mass is 9.81. The zero-order chi connectivity index (χ0) is 26.5. The Bertz CT molecular complexity index is 1560. The fourth-order valence-electron chi connectivity index (χ4n) is 6.54. The maximum atomic E-state index is 4.01. The summed E-state index contributed by atoms with van der Waals surface area (Å²) in [6.45, 7) is 19.7. The second-order valence-corrected chi connectivity index (χ2v) is 11.0. The summed E-state index contributed by atoms with van der Waals surface area (Å²) in [5.74, 6) is 0. The summed E-state index contributed by atoms with van der Waals surface area (Å²) in [5, 5.41) is 0. The molecular weight excluding hydrogens is 444 g/mol. The van der Waals surface area contributed by atoms with Gasteiger partial charge in [0.1, 0.15) is 0 Å². The molecule has 3 aromatic rings. The van der Waals surface area contributed by atoms with E-state index in [-0.39, 0.29) is 5.41 Å². The molecule has 2 aliphatic carbocycles. The monoisotopic (exact) mass is 482 g/mol. The SMILES string of the molecule is C=C/C=C1\C(=C/C)C(C)(C)c2cc(C)c(-c3cc(-c4cccc5c4CC(/C=C\C)=C5C)ccc3C)cc21. The van der Waals surface area contributed by atoms with Crippen LogP contribution in [0.2, 0.25) is 0 Å². The molecule has 186 valence electrons. The third-order valence-corrected chi connectivity index (χ3v) is 8.50. The van der Waals surface area contributed by atoms with Gasteiger partial charge < -0.3 is 0 Å². The molecular formula is C37H38. The molecule has 0 amide bonds. The standard InChI is InChI=1S/C37H38/c1-9-13-26-20-33-28(25(26)6)15-12-16-29(33)27-18-17-23(4)31(21-27)32-22-34-30(14-10-2)35(11-3)37(7,8)36(34)19-24(32)5/h9-19,21-22H,2,20H2,1,3-8H3/b13-9-,30-14-,35-11+. The smallest absolute Gasteiger partial charge is 0.0155 e. The predicted octanol–water partition coefficient (Wildman–Crippen LogP) is 10.4. The van der Waals surface area contributed by atoms with Gasteiger partial charge in [-0.15, -0.1) is 0 Å². The van der Waals surface area contributed by atoms with Crippen molar-refractivity contribution in [3.8, 4) is 22.3 Å². The van der Waals surface area contributed by atoms with Gasteiger partial charge in [0.05, 0.1) is 0 Å². The Labute approximate surface area is 223 Å². The molecule has 0 spiro atoms. The van der Waals surface area contributed by atoms with Gasteiger partial charge in [-0.2, -0.15) is 0 Å². The summed E-state index contributed by atoms with van der Waals surface area (Å²) >= 11 is 0. The first-order chi connectivity index (χ1) is 17.7. The Morgan fingerprint density at radius 1 is 0.811 bits per heavy atom. The molecule has 3 aromatic carbocycles. The quantitative estimate of drug-likeness (QED) is 0.347. The van der Waals surface area contributed by atoms with E-state index in [0.717, 1.165) is 6.42 Å². The van der Waals surface area contributed by atoms with Gasteiger partial charge in [-0.25, -0.2) is 0 Å². The lowest BCUT2D eigenvalue weighted by molar-refractivity contribution is 0.659. The van der Waals surface area contributed by atoms with Crippen LogP contribution in [0.3, 0.4) is 0 Å². The summed E-state index contributed by atoms with van der Waals surface area (Å²) in [6, 6.07) is 18.6. The highest BCUT2D eigenvalue weighted by molar-refractivity contribution is 5.93. The van der Waals surface area contributed by atoms with Crippen LogP contribution in [-0.4, -0.2) is 0 Å². The van der Waals surface area contributed by atoms with Crippen molar-refractivity contribution in [1.82, 2.24) is 0 Å². The van der Waals surface area contributed by atoms with Crippen LogP contribution >= 0.6 is 0 Å².